The lowest BCUT2D eigenvalue weighted by molar-refractivity contribution is 0.102. The molecule has 0 fully saturated rings. The number of rotatable bonds is 3. The number of anilines is 2. The molecule has 2 heterocycles. The molecule has 1 aromatic carbocycles. The van der Waals surface area contributed by atoms with Gasteiger partial charge in [-0.25, -0.2) is 9.97 Å². The Bertz CT molecular complexity index is 736. The third-order valence-corrected chi connectivity index (χ3v) is 3.66. The molecule has 2 aromatic heterocycles. The summed E-state index contributed by atoms with van der Waals surface area (Å²) < 4.78 is 0. The fraction of sp³-hybridized carbons (Fsp3) is 0. The van der Waals surface area contributed by atoms with Crippen molar-refractivity contribution in [2.24, 2.45) is 0 Å². The van der Waals surface area contributed by atoms with Crippen molar-refractivity contribution in [3.63, 3.8) is 0 Å². The predicted octanol–water partition coefficient (Wildman–Crippen LogP) is 3.04. The molecule has 0 saturated carbocycles. The molecule has 0 saturated heterocycles. The van der Waals surface area contributed by atoms with Crippen LogP contribution in [-0.2, 0) is 0 Å². The molecule has 6 heteroatoms. The normalized spacial score (nSPS) is 10.3. The Balaban J connectivity index is 1.73. The van der Waals surface area contributed by atoms with Crippen LogP contribution in [-0.4, -0.2) is 15.9 Å². The summed E-state index contributed by atoms with van der Waals surface area (Å²) in [5, 5.41) is 5.67. The summed E-state index contributed by atoms with van der Waals surface area (Å²) in [6.07, 6.45) is 3.23. The third kappa shape index (κ3) is 3.06. The largest absolute Gasteiger partial charge is 0.397 e. The first kappa shape index (κ1) is 13.3. The Morgan fingerprint density at radius 3 is 2.52 bits per heavy atom. The maximum absolute atomic E-state index is 12.0. The number of nitrogens with zero attached hydrogens (tertiary/aromatic N) is 2. The second kappa shape index (κ2) is 5.72. The molecule has 0 bridgehead atoms. The van der Waals surface area contributed by atoms with E-state index in [9.17, 15) is 4.79 Å². The van der Waals surface area contributed by atoms with Crippen molar-refractivity contribution in [2.45, 2.75) is 0 Å². The van der Waals surface area contributed by atoms with Gasteiger partial charge in [0.2, 0.25) is 0 Å². The van der Waals surface area contributed by atoms with Gasteiger partial charge in [0, 0.05) is 22.8 Å². The van der Waals surface area contributed by atoms with E-state index in [2.05, 4.69) is 15.3 Å². The molecule has 1 amide bonds. The van der Waals surface area contributed by atoms with Crippen LogP contribution in [0.5, 0.6) is 0 Å². The standard InChI is InChI=1S/C15H12N4OS/c16-11-3-6-13(18-9-11)14(20)19-12-4-1-10(2-5-12)15-17-7-8-21-15/h1-9H,16H2,(H,19,20). The molecule has 0 aliphatic carbocycles. The van der Waals surface area contributed by atoms with E-state index in [1.807, 2.05) is 29.6 Å². The number of carbonyl (C=O) groups is 1. The molecule has 5 nitrogen and oxygen atoms in total. The molecule has 3 aromatic rings. The summed E-state index contributed by atoms with van der Waals surface area (Å²) in [7, 11) is 0. The zero-order chi connectivity index (χ0) is 14.7. The smallest absolute Gasteiger partial charge is 0.274 e. The van der Waals surface area contributed by atoms with Gasteiger partial charge in [-0.15, -0.1) is 11.3 Å². The van der Waals surface area contributed by atoms with Crippen LogP contribution in [0.4, 0.5) is 11.4 Å². The minimum atomic E-state index is -0.267. The average molecular weight is 296 g/mol. The number of aromatic nitrogens is 2. The molecule has 21 heavy (non-hydrogen) atoms. The fourth-order valence-corrected chi connectivity index (χ4v) is 2.44. The Labute approximate surface area is 125 Å². The molecule has 0 atom stereocenters. The highest BCUT2D eigenvalue weighted by atomic mass is 32.1. The van der Waals surface area contributed by atoms with Crippen molar-refractivity contribution in [2.75, 3.05) is 11.1 Å². The Morgan fingerprint density at radius 1 is 1.10 bits per heavy atom. The number of hydrogen-bond donors (Lipinski definition) is 2. The number of benzene rings is 1. The maximum atomic E-state index is 12.0. The summed E-state index contributed by atoms with van der Waals surface area (Å²) >= 11 is 1.57. The molecule has 104 valence electrons. The van der Waals surface area contributed by atoms with Crippen LogP contribution in [0.2, 0.25) is 0 Å². The summed E-state index contributed by atoms with van der Waals surface area (Å²) in [4.78, 5) is 20.2. The van der Waals surface area contributed by atoms with Gasteiger partial charge in [0.25, 0.3) is 5.91 Å². The quantitative estimate of drug-likeness (QED) is 0.778. The lowest BCUT2D eigenvalue weighted by Gasteiger charge is -2.05. The van der Waals surface area contributed by atoms with Crippen LogP contribution in [0.1, 0.15) is 10.5 Å². The fourth-order valence-electron chi connectivity index (χ4n) is 1.80. The maximum Gasteiger partial charge on any atom is 0.274 e. The molecular formula is C15H12N4OS. The molecule has 0 aliphatic heterocycles. The highest BCUT2D eigenvalue weighted by Crippen LogP contribution is 2.23. The molecule has 0 aliphatic rings. The molecule has 0 unspecified atom stereocenters. The van der Waals surface area contributed by atoms with Crippen molar-refractivity contribution in [1.82, 2.24) is 9.97 Å². The van der Waals surface area contributed by atoms with E-state index >= 15 is 0 Å². The first-order chi connectivity index (χ1) is 10.2. The summed E-state index contributed by atoms with van der Waals surface area (Å²) in [6, 6.07) is 10.8. The van der Waals surface area contributed by atoms with E-state index in [-0.39, 0.29) is 5.91 Å². The SMILES string of the molecule is Nc1ccc(C(=O)Nc2ccc(-c3nccs3)cc2)nc1. The number of thiazole rings is 1. The van der Waals surface area contributed by atoms with Crippen LogP contribution >= 0.6 is 11.3 Å². The summed E-state index contributed by atoms with van der Waals surface area (Å²) in [5.74, 6) is -0.267. The molecule has 3 rings (SSSR count). The van der Waals surface area contributed by atoms with Crippen LogP contribution in [0.3, 0.4) is 0 Å². The minimum Gasteiger partial charge on any atom is -0.397 e. The Morgan fingerprint density at radius 2 is 1.90 bits per heavy atom. The third-order valence-electron chi connectivity index (χ3n) is 2.84. The first-order valence-corrected chi connectivity index (χ1v) is 7.13. The van der Waals surface area contributed by atoms with E-state index in [0.29, 0.717) is 17.1 Å². The van der Waals surface area contributed by atoms with Gasteiger partial charge < -0.3 is 11.1 Å². The van der Waals surface area contributed by atoms with Crippen molar-refractivity contribution in [1.29, 1.82) is 0 Å². The molecule has 0 spiro atoms. The molecule has 0 radical (unpaired) electrons. The molecular weight excluding hydrogens is 284 g/mol. The molecule has 3 N–H and O–H groups in total. The Kier molecular flexibility index (Phi) is 3.61. The number of amides is 1. The topological polar surface area (TPSA) is 80.9 Å². The van der Waals surface area contributed by atoms with Crippen LogP contribution in [0, 0.1) is 0 Å². The van der Waals surface area contributed by atoms with Crippen LogP contribution in [0.15, 0.2) is 54.2 Å². The lowest BCUT2D eigenvalue weighted by Crippen LogP contribution is -2.13. The van der Waals surface area contributed by atoms with Gasteiger partial charge in [-0.1, -0.05) is 0 Å². The van der Waals surface area contributed by atoms with E-state index in [1.54, 1.807) is 29.7 Å². The van der Waals surface area contributed by atoms with Gasteiger partial charge in [0.15, 0.2) is 0 Å². The zero-order valence-corrected chi connectivity index (χ0v) is 11.8. The lowest BCUT2D eigenvalue weighted by atomic mass is 10.2. The number of nitrogens with one attached hydrogen (secondary N) is 1. The second-order valence-corrected chi connectivity index (χ2v) is 5.24. The van der Waals surface area contributed by atoms with Crippen molar-refractivity contribution >= 4 is 28.6 Å². The van der Waals surface area contributed by atoms with Crippen molar-refractivity contribution < 1.29 is 4.79 Å². The van der Waals surface area contributed by atoms with Gasteiger partial charge >= 0.3 is 0 Å². The highest BCUT2D eigenvalue weighted by Gasteiger charge is 2.07. The van der Waals surface area contributed by atoms with E-state index in [4.69, 9.17) is 5.73 Å². The minimum absolute atomic E-state index is 0.267. The summed E-state index contributed by atoms with van der Waals surface area (Å²) in [6.45, 7) is 0. The van der Waals surface area contributed by atoms with Crippen LogP contribution < -0.4 is 11.1 Å². The highest BCUT2D eigenvalue weighted by molar-refractivity contribution is 7.13. The van der Waals surface area contributed by atoms with E-state index < -0.39 is 0 Å². The number of carbonyl (C=O) groups excluding carboxylic acids is 1. The van der Waals surface area contributed by atoms with Gasteiger partial charge in [-0.05, 0) is 36.4 Å². The van der Waals surface area contributed by atoms with Gasteiger partial charge in [0.05, 0.1) is 11.9 Å². The van der Waals surface area contributed by atoms with Gasteiger partial charge in [-0.2, -0.15) is 0 Å². The Hall–Kier alpha value is -2.73. The van der Waals surface area contributed by atoms with Gasteiger partial charge in [0.1, 0.15) is 10.7 Å². The average Bonchev–Trinajstić information content (AvgIpc) is 3.03. The van der Waals surface area contributed by atoms with E-state index in [0.717, 1.165) is 10.6 Å². The number of nitrogens with two attached hydrogens (primary N) is 1. The predicted molar refractivity (Wildman–Crippen MR) is 84.2 cm³/mol. The van der Waals surface area contributed by atoms with Crippen molar-refractivity contribution in [3.05, 3.63) is 59.9 Å². The second-order valence-electron chi connectivity index (χ2n) is 4.35. The van der Waals surface area contributed by atoms with E-state index in [1.165, 1.54) is 6.20 Å². The van der Waals surface area contributed by atoms with Crippen molar-refractivity contribution in [3.8, 4) is 10.6 Å². The number of hydrogen-bond acceptors (Lipinski definition) is 5. The monoisotopic (exact) mass is 296 g/mol. The van der Waals surface area contributed by atoms with Crippen LogP contribution in [0.25, 0.3) is 10.6 Å². The summed E-state index contributed by atoms with van der Waals surface area (Å²) in [5.41, 5.74) is 8.13. The number of nitrogen functional groups attached to an aromatic ring is 1. The van der Waals surface area contributed by atoms with Gasteiger partial charge in [-0.3, -0.25) is 4.79 Å². The first-order valence-electron chi connectivity index (χ1n) is 6.25. The number of pyridine rings is 1. The zero-order valence-electron chi connectivity index (χ0n) is 11.0.